The Kier molecular flexibility index (Phi) is 3.26. The molecule has 1 rings (SSSR count). The first-order valence-electron chi connectivity index (χ1n) is 4.72. The number of hydrogen-bond donors (Lipinski definition) is 0. The van der Waals surface area contributed by atoms with Crippen LogP contribution in [0.1, 0.15) is 32.4 Å². The third-order valence-electron chi connectivity index (χ3n) is 2.01. The van der Waals surface area contributed by atoms with Gasteiger partial charge in [-0.1, -0.05) is 13.3 Å². The molecular formula is C9H18N3+. The minimum atomic E-state index is 0.963. The van der Waals surface area contributed by atoms with Crippen molar-refractivity contribution in [1.82, 2.24) is 9.90 Å². The van der Waals surface area contributed by atoms with Crippen molar-refractivity contribution in [1.29, 1.82) is 0 Å². The van der Waals surface area contributed by atoms with Crippen molar-refractivity contribution in [2.75, 3.05) is 0 Å². The minimum Gasteiger partial charge on any atom is -0.137 e. The van der Waals surface area contributed by atoms with Crippen LogP contribution < -0.4 is 4.68 Å². The summed E-state index contributed by atoms with van der Waals surface area (Å²) in [6, 6.07) is 0. The van der Waals surface area contributed by atoms with Gasteiger partial charge in [0.1, 0.15) is 13.1 Å². The van der Waals surface area contributed by atoms with Crippen molar-refractivity contribution >= 4 is 0 Å². The van der Waals surface area contributed by atoms with E-state index in [1.54, 1.807) is 0 Å². The third-order valence-corrected chi connectivity index (χ3v) is 2.01. The Labute approximate surface area is 74.0 Å². The van der Waals surface area contributed by atoms with Crippen LogP contribution in [-0.2, 0) is 13.1 Å². The van der Waals surface area contributed by atoms with E-state index in [1.807, 2.05) is 9.36 Å². The van der Waals surface area contributed by atoms with Gasteiger partial charge in [0, 0.05) is 6.92 Å². The molecule has 0 unspecified atom stereocenters. The first-order valence-corrected chi connectivity index (χ1v) is 4.72. The summed E-state index contributed by atoms with van der Waals surface area (Å²) >= 11 is 0. The molecule has 0 aliphatic carbocycles. The van der Waals surface area contributed by atoms with Gasteiger partial charge in [-0.05, 0) is 13.3 Å². The van der Waals surface area contributed by atoms with E-state index in [0.717, 1.165) is 13.1 Å². The summed E-state index contributed by atoms with van der Waals surface area (Å²) in [6.45, 7) is 8.42. The maximum absolute atomic E-state index is 4.40. The number of unbranched alkanes of at least 4 members (excludes halogenated alkanes) is 1. The molecule has 0 radical (unpaired) electrons. The number of rotatable bonds is 4. The molecule has 3 nitrogen and oxygen atoms in total. The Balaban J connectivity index is 2.62. The summed E-state index contributed by atoms with van der Waals surface area (Å²) in [6.07, 6.45) is 4.55. The van der Waals surface area contributed by atoms with Gasteiger partial charge in [0.05, 0.1) is 5.21 Å². The maximum Gasteiger partial charge on any atom is 0.164 e. The van der Waals surface area contributed by atoms with Gasteiger partial charge in [-0.3, -0.25) is 0 Å². The van der Waals surface area contributed by atoms with Gasteiger partial charge in [0.15, 0.2) is 11.9 Å². The van der Waals surface area contributed by atoms with Crippen molar-refractivity contribution in [3.8, 4) is 0 Å². The fourth-order valence-electron chi connectivity index (χ4n) is 1.26. The van der Waals surface area contributed by atoms with Crippen LogP contribution in [0, 0.1) is 6.92 Å². The zero-order chi connectivity index (χ0) is 8.97. The quantitative estimate of drug-likeness (QED) is 0.621. The Morgan fingerprint density at radius 1 is 1.50 bits per heavy atom. The number of aromatic nitrogens is 3. The van der Waals surface area contributed by atoms with Crippen molar-refractivity contribution in [3.05, 3.63) is 11.9 Å². The SMILES string of the molecule is CCCC[n+]1cc(C)n(CC)n1. The van der Waals surface area contributed by atoms with Crippen LogP contribution in [0.4, 0.5) is 0 Å². The maximum atomic E-state index is 4.40. The van der Waals surface area contributed by atoms with Crippen molar-refractivity contribution in [2.24, 2.45) is 0 Å². The zero-order valence-electron chi connectivity index (χ0n) is 8.25. The number of aryl methyl sites for hydroxylation is 3. The highest BCUT2D eigenvalue weighted by Gasteiger charge is 2.08. The van der Waals surface area contributed by atoms with Gasteiger partial charge < -0.3 is 0 Å². The smallest absolute Gasteiger partial charge is 0.137 e. The lowest BCUT2D eigenvalue weighted by atomic mass is 10.3. The van der Waals surface area contributed by atoms with Crippen LogP contribution in [0.5, 0.6) is 0 Å². The van der Waals surface area contributed by atoms with E-state index in [0.29, 0.717) is 0 Å². The molecule has 0 N–H and O–H groups in total. The first kappa shape index (κ1) is 9.23. The molecule has 3 heteroatoms. The van der Waals surface area contributed by atoms with Crippen LogP contribution in [0.2, 0.25) is 0 Å². The summed E-state index contributed by atoms with van der Waals surface area (Å²) in [4.78, 5) is 0. The normalized spacial score (nSPS) is 10.6. The molecule has 0 aliphatic heterocycles. The second-order valence-corrected chi connectivity index (χ2v) is 3.09. The molecule has 1 aromatic heterocycles. The van der Waals surface area contributed by atoms with Gasteiger partial charge in [-0.15, -0.1) is 9.36 Å². The van der Waals surface area contributed by atoms with Gasteiger partial charge in [0.25, 0.3) is 0 Å². The van der Waals surface area contributed by atoms with E-state index in [9.17, 15) is 0 Å². The summed E-state index contributed by atoms with van der Waals surface area (Å²) in [5.41, 5.74) is 1.24. The molecular weight excluding hydrogens is 150 g/mol. The van der Waals surface area contributed by atoms with Gasteiger partial charge in [-0.2, -0.15) is 0 Å². The Bertz CT molecular complexity index is 240. The Morgan fingerprint density at radius 3 is 2.75 bits per heavy atom. The Morgan fingerprint density at radius 2 is 2.25 bits per heavy atom. The molecule has 0 amide bonds. The van der Waals surface area contributed by atoms with Gasteiger partial charge >= 0.3 is 0 Å². The van der Waals surface area contributed by atoms with Crippen molar-refractivity contribution < 1.29 is 4.68 Å². The molecule has 1 aromatic rings. The Hall–Kier alpha value is -0.860. The van der Waals surface area contributed by atoms with Crippen molar-refractivity contribution in [3.63, 3.8) is 0 Å². The summed E-state index contributed by atoms with van der Waals surface area (Å²) in [7, 11) is 0. The molecule has 0 spiro atoms. The van der Waals surface area contributed by atoms with Gasteiger partial charge in [0.2, 0.25) is 0 Å². The van der Waals surface area contributed by atoms with Crippen LogP contribution in [0.3, 0.4) is 0 Å². The number of hydrogen-bond acceptors (Lipinski definition) is 1. The fourth-order valence-corrected chi connectivity index (χ4v) is 1.26. The minimum absolute atomic E-state index is 0.963. The molecule has 0 fully saturated rings. The second kappa shape index (κ2) is 4.24. The summed E-state index contributed by atoms with van der Waals surface area (Å²) in [5, 5.41) is 4.40. The molecule has 0 saturated heterocycles. The standard InChI is InChI=1S/C9H18N3/c1-4-6-7-11-8-9(3)12(5-2)10-11/h8H,4-7H2,1-3H3/q+1. The summed E-state index contributed by atoms with van der Waals surface area (Å²) in [5.74, 6) is 0. The van der Waals surface area contributed by atoms with E-state index in [-0.39, 0.29) is 0 Å². The molecule has 12 heavy (non-hydrogen) atoms. The first-order chi connectivity index (χ1) is 5.77. The van der Waals surface area contributed by atoms with E-state index in [4.69, 9.17) is 0 Å². The highest BCUT2D eigenvalue weighted by molar-refractivity contribution is 4.83. The lowest BCUT2D eigenvalue weighted by Crippen LogP contribution is -2.36. The van der Waals surface area contributed by atoms with E-state index in [2.05, 4.69) is 32.2 Å². The lowest BCUT2D eigenvalue weighted by Gasteiger charge is -1.89. The third kappa shape index (κ3) is 2.06. The molecule has 68 valence electrons. The summed E-state index contributed by atoms with van der Waals surface area (Å²) < 4.78 is 4.05. The van der Waals surface area contributed by atoms with E-state index < -0.39 is 0 Å². The predicted octanol–water partition coefficient (Wildman–Crippen LogP) is 1.30. The van der Waals surface area contributed by atoms with Gasteiger partial charge in [-0.25, -0.2) is 0 Å². The fraction of sp³-hybridized carbons (Fsp3) is 0.778. The largest absolute Gasteiger partial charge is 0.164 e. The average Bonchev–Trinajstić information content (AvgIpc) is 2.43. The van der Waals surface area contributed by atoms with Crippen LogP contribution in [0.15, 0.2) is 6.20 Å². The second-order valence-electron chi connectivity index (χ2n) is 3.09. The molecule has 0 bridgehead atoms. The molecule has 0 aliphatic rings. The van der Waals surface area contributed by atoms with E-state index >= 15 is 0 Å². The molecule has 0 saturated carbocycles. The average molecular weight is 168 g/mol. The molecule has 1 heterocycles. The topological polar surface area (TPSA) is 21.7 Å². The van der Waals surface area contributed by atoms with Crippen LogP contribution in [-0.4, -0.2) is 9.90 Å². The highest BCUT2D eigenvalue weighted by Crippen LogP contribution is 1.92. The van der Waals surface area contributed by atoms with Crippen LogP contribution in [0.25, 0.3) is 0 Å². The van der Waals surface area contributed by atoms with Crippen LogP contribution >= 0.6 is 0 Å². The number of nitrogens with zero attached hydrogens (tertiary/aromatic N) is 3. The monoisotopic (exact) mass is 168 g/mol. The van der Waals surface area contributed by atoms with Crippen molar-refractivity contribution in [2.45, 2.75) is 46.7 Å². The van der Waals surface area contributed by atoms with E-state index in [1.165, 1.54) is 18.5 Å². The zero-order valence-corrected chi connectivity index (χ0v) is 8.25. The predicted molar refractivity (Wildman–Crippen MR) is 47.7 cm³/mol. The lowest BCUT2D eigenvalue weighted by molar-refractivity contribution is -0.755. The molecule has 0 aromatic carbocycles. The highest BCUT2D eigenvalue weighted by atomic mass is 15.5. The molecule has 0 atom stereocenters.